The fraction of sp³-hybridized carbons (Fsp3) is 0.500. The molecule has 0 radical (unpaired) electrons. The van der Waals surface area contributed by atoms with Crippen molar-refractivity contribution in [2.75, 3.05) is 5.75 Å². The summed E-state index contributed by atoms with van der Waals surface area (Å²) in [4.78, 5) is 11.4. The number of hydrogen-bond acceptors (Lipinski definition) is 4. The van der Waals surface area contributed by atoms with Gasteiger partial charge in [0.25, 0.3) is 0 Å². The zero-order valence-electron chi connectivity index (χ0n) is 8.92. The number of rotatable bonds is 6. The second kappa shape index (κ2) is 5.45. The third-order valence-corrected chi connectivity index (χ3v) is 5.39. The molecule has 90 valence electrons. The van der Waals surface area contributed by atoms with E-state index in [0.717, 1.165) is 4.88 Å². The normalized spacial score (nSPS) is 13.6. The highest BCUT2D eigenvalue weighted by atomic mass is 32.2. The lowest BCUT2D eigenvalue weighted by Gasteiger charge is -2.09. The minimum atomic E-state index is -3.31. The molecule has 0 aliphatic rings. The van der Waals surface area contributed by atoms with Crippen LogP contribution in [0, 0.1) is 0 Å². The van der Waals surface area contributed by atoms with Gasteiger partial charge in [-0.3, -0.25) is 4.79 Å². The molecule has 0 fully saturated rings. The van der Waals surface area contributed by atoms with Gasteiger partial charge in [0, 0.05) is 4.88 Å². The Bertz CT molecular complexity index is 433. The van der Waals surface area contributed by atoms with Crippen LogP contribution in [0.3, 0.4) is 0 Å². The molecule has 1 rings (SSSR count). The number of carboxylic acids is 1. The summed E-state index contributed by atoms with van der Waals surface area (Å²) in [5, 5.41) is 9.61. The van der Waals surface area contributed by atoms with E-state index in [9.17, 15) is 13.2 Å². The van der Waals surface area contributed by atoms with E-state index in [1.165, 1.54) is 18.3 Å². The summed E-state index contributed by atoms with van der Waals surface area (Å²) in [7, 11) is -3.31. The minimum absolute atomic E-state index is 0.0158. The SMILES string of the molecule is CC(CC(=O)O)S(=O)(=O)CCc1cccs1. The summed E-state index contributed by atoms with van der Waals surface area (Å²) in [6.07, 6.45) is 0.136. The maximum Gasteiger partial charge on any atom is 0.304 e. The molecular weight excluding hydrogens is 248 g/mol. The van der Waals surface area contributed by atoms with Crippen LogP contribution in [0.2, 0.25) is 0 Å². The van der Waals surface area contributed by atoms with Crippen LogP contribution in [0.1, 0.15) is 18.2 Å². The maximum absolute atomic E-state index is 11.7. The molecule has 0 bridgehead atoms. The zero-order valence-corrected chi connectivity index (χ0v) is 10.6. The van der Waals surface area contributed by atoms with Crippen molar-refractivity contribution >= 4 is 27.1 Å². The van der Waals surface area contributed by atoms with Gasteiger partial charge in [-0.1, -0.05) is 6.07 Å². The molecule has 1 atom stereocenters. The Kier molecular flexibility index (Phi) is 4.49. The van der Waals surface area contributed by atoms with Crippen LogP contribution in [0.4, 0.5) is 0 Å². The molecule has 0 spiro atoms. The smallest absolute Gasteiger partial charge is 0.304 e. The van der Waals surface area contributed by atoms with E-state index in [0.29, 0.717) is 6.42 Å². The maximum atomic E-state index is 11.7. The lowest BCUT2D eigenvalue weighted by atomic mass is 10.3. The van der Waals surface area contributed by atoms with Crippen LogP contribution in [-0.4, -0.2) is 30.5 Å². The largest absolute Gasteiger partial charge is 0.481 e. The molecule has 1 unspecified atom stereocenters. The van der Waals surface area contributed by atoms with Gasteiger partial charge in [-0.2, -0.15) is 0 Å². The highest BCUT2D eigenvalue weighted by Crippen LogP contribution is 2.13. The fourth-order valence-corrected chi connectivity index (χ4v) is 3.41. The van der Waals surface area contributed by atoms with Gasteiger partial charge < -0.3 is 5.11 Å². The highest BCUT2D eigenvalue weighted by molar-refractivity contribution is 7.92. The van der Waals surface area contributed by atoms with E-state index in [1.54, 1.807) is 0 Å². The van der Waals surface area contributed by atoms with Gasteiger partial charge >= 0.3 is 5.97 Å². The van der Waals surface area contributed by atoms with Gasteiger partial charge in [-0.15, -0.1) is 11.3 Å². The van der Waals surface area contributed by atoms with Crippen molar-refractivity contribution in [3.63, 3.8) is 0 Å². The molecule has 0 saturated heterocycles. The Morgan fingerprint density at radius 3 is 2.75 bits per heavy atom. The quantitative estimate of drug-likeness (QED) is 0.844. The Morgan fingerprint density at radius 2 is 2.25 bits per heavy atom. The number of carbonyl (C=O) groups is 1. The van der Waals surface area contributed by atoms with Crippen molar-refractivity contribution in [3.8, 4) is 0 Å². The Hall–Kier alpha value is -0.880. The number of thiophene rings is 1. The van der Waals surface area contributed by atoms with Crippen LogP contribution >= 0.6 is 11.3 Å². The summed E-state index contributed by atoms with van der Waals surface area (Å²) < 4.78 is 23.4. The Labute approximate surface area is 98.8 Å². The molecule has 1 aromatic heterocycles. The summed E-state index contributed by atoms with van der Waals surface area (Å²) in [6, 6.07) is 3.75. The van der Waals surface area contributed by atoms with Crippen molar-refractivity contribution < 1.29 is 18.3 Å². The fourth-order valence-electron chi connectivity index (χ4n) is 1.27. The van der Waals surface area contributed by atoms with Crippen molar-refractivity contribution in [3.05, 3.63) is 22.4 Å². The van der Waals surface area contributed by atoms with Crippen LogP contribution in [0.25, 0.3) is 0 Å². The van der Waals surface area contributed by atoms with E-state index < -0.39 is 21.1 Å². The third-order valence-electron chi connectivity index (χ3n) is 2.29. The van der Waals surface area contributed by atoms with Gasteiger partial charge in [0.2, 0.25) is 0 Å². The van der Waals surface area contributed by atoms with Gasteiger partial charge in [0.05, 0.1) is 17.4 Å². The molecular formula is C10H14O4S2. The number of hydrogen-bond donors (Lipinski definition) is 1. The number of carboxylic acid groups (broad SMARTS) is 1. The topological polar surface area (TPSA) is 71.4 Å². The van der Waals surface area contributed by atoms with Crippen molar-refractivity contribution in [2.24, 2.45) is 0 Å². The van der Waals surface area contributed by atoms with E-state index in [2.05, 4.69) is 0 Å². The van der Waals surface area contributed by atoms with E-state index in [4.69, 9.17) is 5.11 Å². The molecule has 6 heteroatoms. The molecule has 4 nitrogen and oxygen atoms in total. The molecule has 0 saturated carbocycles. The average Bonchev–Trinajstić information content (AvgIpc) is 2.66. The molecule has 1 aromatic rings. The van der Waals surface area contributed by atoms with Crippen molar-refractivity contribution in [2.45, 2.75) is 25.0 Å². The third kappa shape index (κ3) is 3.94. The molecule has 1 heterocycles. The lowest BCUT2D eigenvalue weighted by molar-refractivity contribution is -0.136. The predicted octanol–water partition coefficient (Wildman–Crippen LogP) is 1.57. The number of aliphatic carboxylic acids is 1. The average molecular weight is 262 g/mol. The van der Waals surface area contributed by atoms with E-state index in [1.807, 2.05) is 17.5 Å². The summed E-state index contributed by atoms with van der Waals surface area (Å²) in [6.45, 7) is 1.44. The highest BCUT2D eigenvalue weighted by Gasteiger charge is 2.23. The van der Waals surface area contributed by atoms with Gasteiger partial charge in [0.1, 0.15) is 0 Å². The van der Waals surface area contributed by atoms with Gasteiger partial charge in [0.15, 0.2) is 9.84 Å². The monoisotopic (exact) mass is 262 g/mol. The van der Waals surface area contributed by atoms with Crippen LogP contribution in [0.15, 0.2) is 17.5 Å². The second-order valence-corrected chi connectivity index (χ2v) is 7.18. The first-order valence-corrected chi connectivity index (χ1v) is 7.47. The summed E-state index contributed by atoms with van der Waals surface area (Å²) in [5.74, 6) is -1.06. The Balaban J connectivity index is 2.54. The Morgan fingerprint density at radius 1 is 1.56 bits per heavy atom. The first-order valence-electron chi connectivity index (χ1n) is 4.87. The van der Waals surface area contributed by atoms with Crippen LogP contribution < -0.4 is 0 Å². The zero-order chi connectivity index (χ0) is 12.2. The van der Waals surface area contributed by atoms with Crippen molar-refractivity contribution in [1.82, 2.24) is 0 Å². The summed E-state index contributed by atoms with van der Waals surface area (Å²) >= 11 is 1.51. The van der Waals surface area contributed by atoms with E-state index >= 15 is 0 Å². The molecule has 0 aliphatic carbocycles. The molecule has 16 heavy (non-hydrogen) atoms. The summed E-state index contributed by atoms with van der Waals surface area (Å²) in [5.41, 5.74) is 0. The molecule has 0 amide bonds. The van der Waals surface area contributed by atoms with Crippen LogP contribution in [-0.2, 0) is 21.1 Å². The molecule has 1 N–H and O–H groups in total. The van der Waals surface area contributed by atoms with Crippen LogP contribution in [0.5, 0.6) is 0 Å². The second-order valence-electron chi connectivity index (χ2n) is 3.60. The standard InChI is InChI=1S/C10H14O4S2/c1-8(7-10(11)12)16(13,14)6-4-9-3-2-5-15-9/h2-3,5,8H,4,6-7H2,1H3,(H,11,12). The minimum Gasteiger partial charge on any atom is -0.481 e. The predicted molar refractivity (Wildman–Crippen MR) is 63.5 cm³/mol. The van der Waals surface area contributed by atoms with Crippen molar-refractivity contribution in [1.29, 1.82) is 0 Å². The molecule has 0 aromatic carbocycles. The van der Waals surface area contributed by atoms with Gasteiger partial charge in [-0.25, -0.2) is 8.42 Å². The first kappa shape index (κ1) is 13.2. The first-order chi connectivity index (χ1) is 7.42. The molecule has 0 aliphatic heterocycles. The number of sulfone groups is 1. The van der Waals surface area contributed by atoms with E-state index in [-0.39, 0.29) is 12.2 Å². The van der Waals surface area contributed by atoms with Gasteiger partial charge in [-0.05, 0) is 24.8 Å². The lowest BCUT2D eigenvalue weighted by Crippen LogP contribution is -2.24. The number of aryl methyl sites for hydroxylation is 1.